The van der Waals surface area contributed by atoms with E-state index in [1.54, 1.807) is 19.4 Å². The molecule has 4 rings (SSSR count). The Balaban J connectivity index is 1.47. The van der Waals surface area contributed by atoms with Gasteiger partial charge < -0.3 is 14.3 Å². The average Bonchev–Trinajstić information content (AvgIpc) is 3.49. The molecule has 0 radical (unpaired) electrons. The van der Waals surface area contributed by atoms with Crippen LogP contribution in [0.1, 0.15) is 47.7 Å². The molecule has 0 spiro atoms. The Kier molecular flexibility index (Phi) is 5.48. The van der Waals surface area contributed by atoms with Gasteiger partial charge >= 0.3 is 0 Å². The van der Waals surface area contributed by atoms with E-state index in [1.165, 1.54) is 10.4 Å². The summed E-state index contributed by atoms with van der Waals surface area (Å²) in [5.41, 5.74) is 1.88. The lowest BCUT2D eigenvalue weighted by molar-refractivity contribution is 0.0910. The second-order valence-corrected chi connectivity index (χ2v) is 9.31. The van der Waals surface area contributed by atoms with Gasteiger partial charge in [0, 0.05) is 37.2 Å². The van der Waals surface area contributed by atoms with E-state index in [1.807, 2.05) is 42.0 Å². The van der Waals surface area contributed by atoms with Gasteiger partial charge in [0.2, 0.25) is 10.0 Å². The summed E-state index contributed by atoms with van der Waals surface area (Å²) in [6.45, 7) is 4.43. The van der Waals surface area contributed by atoms with Crippen molar-refractivity contribution in [2.45, 2.75) is 37.6 Å². The molecule has 9 heteroatoms. The quantitative estimate of drug-likeness (QED) is 0.651. The number of amides is 1. The third kappa shape index (κ3) is 3.90. The fourth-order valence-electron chi connectivity index (χ4n) is 3.60. The first-order valence-corrected chi connectivity index (χ1v) is 11.3. The van der Waals surface area contributed by atoms with Crippen molar-refractivity contribution in [3.05, 3.63) is 66.1 Å². The summed E-state index contributed by atoms with van der Waals surface area (Å²) < 4.78 is 34.4. The van der Waals surface area contributed by atoms with Crippen molar-refractivity contribution >= 4 is 15.9 Å². The summed E-state index contributed by atoms with van der Waals surface area (Å²) >= 11 is 0. The molecule has 1 aliphatic rings. The number of rotatable bonds is 6. The predicted octanol–water partition coefficient (Wildman–Crippen LogP) is 3.05. The summed E-state index contributed by atoms with van der Waals surface area (Å²) in [7, 11) is -3.64. The van der Waals surface area contributed by atoms with E-state index in [-0.39, 0.29) is 22.5 Å². The molecule has 1 atom stereocenters. The number of furan rings is 1. The molecule has 30 heavy (non-hydrogen) atoms. The Morgan fingerprint density at radius 3 is 2.53 bits per heavy atom. The number of hydrogen-bond acceptors (Lipinski definition) is 5. The number of aromatic nitrogens is 2. The van der Waals surface area contributed by atoms with Gasteiger partial charge in [0.25, 0.3) is 5.91 Å². The molecule has 1 unspecified atom stereocenters. The van der Waals surface area contributed by atoms with Crippen LogP contribution in [0.25, 0.3) is 5.69 Å². The van der Waals surface area contributed by atoms with Crippen LogP contribution in [0.2, 0.25) is 0 Å². The Bertz CT molecular complexity index is 1130. The van der Waals surface area contributed by atoms with E-state index in [9.17, 15) is 13.2 Å². The van der Waals surface area contributed by atoms with Crippen molar-refractivity contribution in [3.63, 3.8) is 0 Å². The number of nitrogens with one attached hydrogen (secondary N) is 1. The van der Waals surface area contributed by atoms with Crippen molar-refractivity contribution in [3.8, 4) is 5.69 Å². The number of aryl methyl sites for hydroxylation is 1. The highest BCUT2D eigenvalue weighted by molar-refractivity contribution is 7.89. The number of carbonyl (C=O) groups is 1. The average molecular weight is 429 g/mol. The molecule has 0 saturated carbocycles. The molecule has 2 aromatic heterocycles. The predicted molar refractivity (Wildman–Crippen MR) is 111 cm³/mol. The molecule has 8 nitrogen and oxygen atoms in total. The first-order chi connectivity index (χ1) is 14.4. The van der Waals surface area contributed by atoms with Crippen molar-refractivity contribution in [1.29, 1.82) is 0 Å². The van der Waals surface area contributed by atoms with Gasteiger partial charge in [-0.05, 0) is 44.4 Å². The monoisotopic (exact) mass is 428 g/mol. The second kappa shape index (κ2) is 8.08. The van der Waals surface area contributed by atoms with Crippen LogP contribution in [-0.2, 0) is 10.0 Å². The minimum atomic E-state index is -3.64. The number of carbonyl (C=O) groups excluding carboxylic acids is 1. The van der Waals surface area contributed by atoms with E-state index in [0.29, 0.717) is 13.1 Å². The van der Waals surface area contributed by atoms with Crippen LogP contribution in [0.15, 0.2) is 58.4 Å². The Hall–Kier alpha value is -2.91. The summed E-state index contributed by atoms with van der Waals surface area (Å²) in [6, 6.07) is 8.79. The maximum absolute atomic E-state index is 12.8. The molecule has 1 aromatic carbocycles. The maximum atomic E-state index is 12.8. The van der Waals surface area contributed by atoms with E-state index < -0.39 is 15.9 Å². The maximum Gasteiger partial charge on any atom is 0.287 e. The summed E-state index contributed by atoms with van der Waals surface area (Å²) in [5.74, 6) is -0.233. The van der Waals surface area contributed by atoms with E-state index in [2.05, 4.69) is 10.3 Å². The van der Waals surface area contributed by atoms with E-state index in [0.717, 1.165) is 24.1 Å². The fourth-order valence-corrected chi connectivity index (χ4v) is 5.28. The highest BCUT2D eigenvalue weighted by Gasteiger charge is 2.31. The molecule has 1 N–H and O–H groups in total. The van der Waals surface area contributed by atoms with E-state index >= 15 is 0 Å². The molecule has 0 bridgehead atoms. The van der Waals surface area contributed by atoms with Crippen molar-refractivity contribution in [1.82, 2.24) is 19.2 Å². The van der Waals surface area contributed by atoms with Crippen molar-refractivity contribution in [2.75, 3.05) is 13.1 Å². The van der Waals surface area contributed by atoms with Crippen LogP contribution < -0.4 is 5.32 Å². The smallest absolute Gasteiger partial charge is 0.287 e. The lowest BCUT2D eigenvalue weighted by Crippen LogP contribution is -2.28. The van der Waals surface area contributed by atoms with Gasteiger partial charge in [-0.1, -0.05) is 12.1 Å². The van der Waals surface area contributed by atoms with Crippen LogP contribution in [0.5, 0.6) is 0 Å². The van der Waals surface area contributed by atoms with E-state index in [4.69, 9.17) is 4.42 Å². The molecular weight excluding hydrogens is 404 g/mol. The minimum Gasteiger partial charge on any atom is -0.455 e. The first-order valence-electron chi connectivity index (χ1n) is 9.86. The molecule has 1 aliphatic heterocycles. The van der Waals surface area contributed by atoms with Crippen LogP contribution >= 0.6 is 0 Å². The fraction of sp³-hybridized carbons (Fsp3) is 0.333. The SMILES string of the molecule is Cc1oc(C(=O)NC(C)c2ccc(-n3ccnc3)cc2)cc1S(=O)(=O)N1CCCC1. The highest BCUT2D eigenvalue weighted by Crippen LogP contribution is 2.27. The molecular formula is C21H24N4O4S. The highest BCUT2D eigenvalue weighted by atomic mass is 32.2. The van der Waals surface area contributed by atoms with Gasteiger partial charge in [0.05, 0.1) is 12.4 Å². The van der Waals surface area contributed by atoms with Gasteiger partial charge in [-0.2, -0.15) is 4.31 Å². The topological polar surface area (TPSA) is 97.4 Å². The second-order valence-electron chi connectivity index (χ2n) is 7.40. The molecule has 1 saturated heterocycles. The lowest BCUT2D eigenvalue weighted by Gasteiger charge is -2.14. The Morgan fingerprint density at radius 2 is 1.90 bits per heavy atom. The van der Waals surface area contributed by atoms with Gasteiger partial charge in [-0.25, -0.2) is 13.4 Å². The molecule has 3 heterocycles. The van der Waals surface area contributed by atoms with Crippen molar-refractivity contribution < 1.29 is 17.6 Å². The van der Waals surface area contributed by atoms with Crippen LogP contribution in [0.4, 0.5) is 0 Å². The van der Waals surface area contributed by atoms with Crippen molar-refractivity contribution in [2.24, 2.45) is 0 Å². The van der Waals surface area contributed by atoms with Gasteiger partial charge in [0.1, 0.15) is 10.7 Å². The Morgan fingerprint density at radius 1 is 1.20 bits per heavy atom. The van der Waals surface area contributed by atoms with Crippen LogP contribution in [0, 0.1) is 6.92 Å². The number of sulfonamides is 1. The summed E-state index contributed by atoms with van der Waals surface area (Å²) in [4.78, 5) is 16.8. The third-order valence-electron chi connectivity index (χ3n) is 5.32. The Labute approximate surface area is 175 Å². The number of hydrogen-bond donors (Lipinski definition) is 1. The minimum absolute atomic E-state index is 0.00726. The third-order valence-corrected chi connectivity index (χ3v) is 7.33. The molecule has 3 aromatic rings. The molecule has 0 aliphatic carbocycles. The van der Waals surface area contributed by atoms with Gasteiger partial charge in [0.15, 0.2) is 5.76 Å². The zero-order chi connectivity index (χ0) is 21.3. The van der Waals surface area contributed by atoms with Crippen LogP contribution in [-0.4, -0.2) is 41.3 Å². The van der Waals surface area contributed by atoms with Crippen LogP contribution in [0.3, 0.4) is 0 Å². The first kappa shape index (κ1) is 20.4. The van der Waals surface area contributed by atoms with Gasteiger partial charge in [-0.15, -0.1) is 0 Å². The molecule has 1 amide bonds. The standard InChI is InChI=1S/C21H24N4O4S/c1-15(17-5-7-18(8-6-17)24-12-9-22-14-24)23-21(26)19-13-20(16(2)29-19)30(27,28)25-10-3-4-11-25/h5-9,12-15H,3-4,10-11H2,1-2H3,(H,23,26). The normalized spacial score (nSPS) is 15.9. The number of nitrogens with zero attached hydrogens (tertiary/aromatic N) is 3. The molecule has 1 fully saturated rings. The zero-order valence-corrected chi connectivity index (χ0v) is 17.7. The summed E-state index contributed by atoms with van der Waals surface area (Å²) in [6.07, 6.45) is 6.97. The number of imidazole rings is 1. The zero-order valence-electron chi connectivity index (χ0n) is 16.9. The largest absolute Gasteiger partial charge is 0.455 e. The molecule has 158 valence electrons. The number of benzene rings is 1. The summed E-state index contributed by atoms with van der Waals surface area (Å²) in [5, 5.41) is 2.87. The van der Waals surface area contributed by atoms with Gasteiger partial charge in [-0.3, -0.25) is 4.79 Å². The lowest BCUT2D eigenvalue weighted by atomic mass is 10.1.